The maximum Gasteiger partial charge on any atom is 0.120 e. The van der Waals surface area contributed by atoms with E-state index in [2.05, 4.69) is 35.5 Å². The minimum Gasteiger partial charge on any atom is -0.372 e. The van der Waals surface area contributed by atoms with Gasteiger partial charge < -0.3 is 16.0 Å². The zero-order chi connectivity index (χ0) is 27.1. The number of hydrogen-bond acceptors (Lipinski definition) is 7. The van der Waals surface area contributed by atoms with E-state index in [4.69, 9.17) is 15.1 Å². The number of aromatic nitrogens is 2. The topological polar surface area (TPSA) is 78.6 Å². The summed E-state index contributed by atoms with van der Waals surface area (Å²) in [4.78, 5) is 9.59. The number of allylic oxidation sites excluding steroid dienone is 6. The van der Waals surface area contributed by atoms with Gasteiger partial charge in [-0.15, -0.1) is 11.8 Å². The summed E-state index contributed by atoms with van der Waals surface area (Å²) in [5.41, 5.74) is 2.19. The fraction of sp³-hybridized carbons (Fsp3) is 0.536. The van der Waals surface area contributed by atoms with Crippen molar-refractivity contribution in [2.24, 2.45) is 17.0 Å². The molecule has 2 atom stereocenters. The molecule has 0 saturated carbocycles. The van der Waals surface area contributed by atoms with Crippen LogP contribution in [0.1, 0.15) is 65.0 Å². The molecule has 2 unspecified atom stereocenters. The first-order chi connectivity index (χ1) is 17.8. The van der Waals surface area contributed by atoms with Gasteiger partial charge in [-0.25, -0.2) is 4.39 Å². The fourth-order valence-corrected chi connectivity index (χ4v) is 4.51. The van der Waals surface area contributed by atoms with Gasteiger partial charge in [0.15, 0.2) is 0 Å². The monoisotopic (exact) mass is 529 g/mol. The zero-order valence-electron chi connectivity index (χ0n) is 23.1. The van der Waals surface area contributed by atoms with Crippen molar-refractivity contribution in [2.45, 2.75) is 76.0 Å². The van der Waals surface area contributed by atoms with Gasteiger partial charge in [0.25, 0.3) is 0 Å². The third-order valence-corrected chi connectivity index (χ3v) is 6.99. The quantitative estimate of drug-likeness (QED) is 0.118. The van der Waals surface area contributed by atoms with E-state index in [0.717, 1.165) is 67.3 Å². The van der Waals surface area contributed by atoms with Gasteiger partial charge in [0.05, 0.1) is 6.17 Å². The Hall–Kier alpha value is -2.65. The maximum atomic E-state index is 13.6. The highest BCUT2D eigenvalue weighted by atomic mass is 32.2. The number of aryl methyl sites for hydroxylation is 1. The highest BCUT2D eigenvalue weighted by molar-refractivity contribution is 7.98. The summed E-state index contributed by atoms with van der Waals surface area (Å²) in [7, 11) is 1.93. The second kappa shape index (κ2) is 16.2. The standard InChI is InChI=1S/C28H44FN7S/c1-7-13-23(29)15-11-20-33-28(4,8-2)26-25(27(37-6)36(5)35-26)32-19-12-17-30-21-16-24-31-18-10-9-14-22(3)34-24/h10-11,13,15,18-20,24,30-31,34H,3,7-9,12,14,16-17,21H2,1-2,4-6H3/b15-11-,18-10-,23-13-,32-19?,33-20?. The Balaban J connectivity index is 2.00. The Kier molecular flexibility index (Phi) is 13.4. The molecule has 0 aromatic carbocycles. The maximum absolute atomic E-state index is 13.6. The number of nitrogens with one attached hydrogen (secondary N) is 3. The van der Waals surface area contributed by atoms with Crippen molar-refractivity contribution in [3.8, 4) is 0 Å². The predicted octanol–water partition coefficient (Wildman–Crippen LogP) is 6.06. The number of thioether (sulfide) groups is 1. The van der Waals surface area contributed by atoms with Gasteiger partial charge in [-0.3, -0.25) is 14.7 Å². The van der Waals surface area contributed by atoms with E-state index < -0.39 is 5.54 Å². The lowest BCUT2D eigenvalue weighted by molar-refractivity contribution is 0.455. The Morgan fingerprint density at radius 3 is 2.95 bits per heavy atom. The molecule has 0 amide bonds. The average Bonchev–Trinajstić information content (AvgIpc) is 3.19. The number of nitrogens with zero attached hydrogens (tertiary/aromatic N) is 4. The van der Waals surface area contributed by atoms with Crippen molar-refractivity contribution >= 4 is 29.9 Å². The predicted molar refractivity (Wildman–Crippen MR) is 158 cm³/mol. The van der Waals surface area contributed by atoms with Crippen LogP contribution in [-0.2, 0) is 12.6 Å². The normalized spacial score (nSPS) is 19.7. The van der Waals surface area contributed by atoms with Crippen LogP contribution in [0.4, 0.5) is 10.1 Å². The Morgan fingerprint density at radius 2 is 2.22 bits per heavy atom. The summed E-state index contributed by atoms with van der Waals surface area (Å²) >= 11 is 1.62. The van der Waals surface area contributed by atoms with Gasteiger partial charge in [0.1, 0.15) is 27.8 Å². The van der Waals surface area contributed by atoms with Crippen LogP contribution in [0.5, 0.6) is 0 Å². The SMILES string of the molecule is C=C1CC/C=C\NC(CCNCCC=Nc2c(C(C)(CC)N=C/C=C\C(F)=C\CC)nn(C)c2SC)N1. The second-order valence-corrected chi connectivity index (χ2v) is 9.93. The molecular weight excluding hydrogens is 485 g/mol. The number of aliphatic imine (C=N–C) groups is 2. The van der Waals surface area contributed by atoms with Gasteiger partial charge in [0.2, 0.25) is 0 Å². The lowest BCUT2D eigenvalue weighted by atomic mass is 9.94. The highest BCUT2D eigenvalue weighted by Crippen LogP contribution is 2.40. The molecule has 0 aliphatic carbocycles. The molecule has 0 spiro atoms. The van der Waals surface area contributed by atoms with Crippen LogP contribution in [0.3, 0.4) is 0 Å². The van der Waals surface area contributed by atoms with E-state index >= 15 is 0 Å². The van der Waals surface area contributed by atoms with E-state index in [1.54, 1.807) is 24.1 Å². The molecule has 0 saturated heterocycles. The molecule has 1 aliphatic heterocycles. The van der Waals surface area contributed by atoms with Crippen molar-refractivity contribution in [1.29, 1.82) is 0 Å². The largest absolute Gasteiger partial charge is 0.372 e. The van der Waals surface area contributed by atoms with Gasteiger partial charge in [0, 0.05) is 31.7 Å². The van der Waals surface area contributed by atoms with E-state index in [1.807, 2.05) is 44.2 Å². The third kappa shape index (κ3) is 9.97. The van der Waals surface area contributed by atoms with Crippen molar-refractivity contribution in [3.05, 3.63) is 54.3 Å². The zero-order valence-corrected chi connectivity index (χ0v) is 23.9. The smallest absolute Gasteiger partial charge is 0.120 e. The van der Waals surface area contributed by atoms with E-state index in [1.165, 1.54) is 12.2 Å². The van der Waals surface area contributed by atoms with Crippen molar-refractivity contribution in [1.82, 2.24) is 25.7 Å². The first-order valence-electron chi connectivity index (χ1n) is 13.1. The van der Waals surface area contributed by atoms with E-state index in [-0.39, 0.29) is 12.0 Å². The summed E-state index contributed by atoms with van der Waals surface area (Å²) in [5, 5.41) is 16.1. The molecule has 204 valence electrons. The van der Waals surface area contributed by atoms with Gasteiger partial charge in [-0.1, -0.05) is 26.5 Å². The molecule has 9 heteroatoms. The lowest BCUT2D eigenvalue weighted by Crippen LogP contribution is -2.41. The van der Waals surface area contributed by atoms with Crippen molar-refractivity contribution < 1.29 is 4.39 Å². The summed E-state index contributed by atoms with van der Waals surface area (Å²) in [5.74, 6) is -0.256. The van der Waals surface area contributed by atoms with Crippen LogP contribution in [0.15, 0.2) is 63.6 Å². The molecule has 3 N–H and O–H groups in total. The molecule has 1 aliphatic rings. The minimum atomic E-state index is -0.567. The number of rotatable bonds is 14. The summed E-state index contributed by atoms with van der Waals surface area (Å²) in [6.45, 7) is 11.8. The fourth-order valence-electron chi connectivity index (χ4n) is 3.87. The molecule has 0 radical (unpaired) electrons. The van der Waals surface area contributed by atoms with Crippen LogP contribution in [-0.4, -0.2) is 47.7 Å². The van der Waals surface area contributed by atoms with Crippen LogP contribution < -0.4 is 16.0 Å². The summed E-state index contributed by atoms with van der Waals surface area (Å²) in [6.07, 6.45) is 19.7. The van der Waals surface area contributed by atoms with Crippen molar-refractivity contribution in [3.63, 3.8) is 0 Å². The van der Waals surface area contributed by atoms with Gasteiger partial charge >= 0.3 is 0 Å². The van der Waals surface area contributed by atoms with E-state index in [9.17, 15) is 4.39 Å². The Labute approximate surface area is 226 Å². The van der Waals surface area contributed by atoms with E-state index in [0.29, 0.717) is 6.42 Å². The van der Waals surface area contributed by atoms with Crippen LogP contribution in [0.25, 0.3) is 0 Å². The molecule has 1 aromatic rings. The summed E-state index contributed by atoms with van der Waals surface area (Å²) in [6, 6.07) is 0. The van der Waals surface area contributed by atoms with Crippen molar-refractivity contribution in [2.75, 3.05) is 19.3 Å². The minimum absolute atomic E-state index is 0.189. The molecule has 2 rings (SSSR count). The first kappa shape index (κ1) is 30.6. The van der Waals surface area contributed by atoms with Crippen LogP contribution in [0, 0.1) is 0 Å². The van der Waals surface area contributed by atoms with Gasteiger partial charge in [-0.2, -0.15) is 5.10 Å². The molecule has 0 fully saturated rings. The Bertz CT molecular complexity index is 1010. The summed E-state index contributed by atoms with van der Waals surface area (Å²) < 4.78 is 15.5. The molecule has 37 heavy (non-hydrogen) atoms. The molecule has 0 bridgehead atoms. The van der Waals surface area contributed by atoms with Crippen LogP contribution >= 0.6 is 11.8 Å². The molecule has 2 heterocycles. The highest BCUT2D eigenvalue weighted by Gasteiger charge is 2.31. The molecule has 1 aromatic heterocycles. The van der Waals surface area contributed by atoms with Crippen LogP contribution in [0.2, 0.25) is 0 Å². The second-order valence-electron chi connectivity index (χ2n) is 9.14. The average molecular weight is 530 g/mol. The number of halogens is 1. The lowest BCUT2D eigenvalue weighted by Gasteiger charge is -2.23. The number of hydrogen-bond donors (Lipinski definition) is 3. The molecule has 7 nitrogen and oxygen atoms in total. The Morgan fingerprint density at radius 1 is 1.41 bits per heavy atom. The third-order valence-electron chi connectivity index (χ3n) is 6.15. The first-order valence-corrected chi connectivity index (χ1v) is 14.3. The molecular formula is C28H44FN7S. The van der Waals surface area contributed by atoms with Gasteiger partial charge in [-0.05, 0) is 82.7 Å².